The minimum Gasteiger partial charge on any atom is -0.361 e. The Morgan fingerprint density at radius 2 is 2.00 bits per heavy atom. The molecule has 1 atom stereocenters. The Morgan fingerprint density at radius 3 is 2.67 bits per heavy atom. The number of hydrogen-bond donors (Lipinski definition) is 2. The molecule has 2 rings (SSSR count). The average molecular weight is 336 g/mol. The second-order valence-corrected chi connectivity index (χ2v) is 6.48. The van der Waals surface area contributed by atoms with Gasteiger partial charge in [0.25, 0.3) is 0 Å². The third-order valence-corrected chi connectivity index (χ3v) is 4.66. The van der Waals surface area contributed by atoms with Crippen molar-refractivity contribution in [1.29, 1.82) is 0 Å². The maximum absolute atomic E-state index is 11.8. The Balaban J connectivity index is 1.64. The van der Waals surface area contributed by atoms with Crippen LogP contribution in [0.1, 0.15) is 49.6 Å². The van der Waals surface area contributed by atoms with E-state index in [1.54, 1.807) is 13.8 Å². The molecular formula is C17H28N4O3. The van der Waals surface area contributed by atoms with Crippen molar-refractivity contribution in [2.24, 2.45) is 0 Å². The molecule has 1 aliphatic rings. The van der Waals surface area contributed by atoms with Crippen molar-refractivity contribution in [2.75, 3.05) is 19.6 Å². The number of rotatable bonds is 6. The molecule has 7 heteroatoms. The van der Waals surface area contributed by atoms with Gasteiger partial charge in [0.15, 0.2) is 0 Å². The van der Waals surface area contributed by atoms with Gasteiger partial charge in [-0.05, 0) is 46.6 Å². The summed E-state index contributed by atoms with van der Waals surface area (Å²) in [6.45, 7) is 8.69. The fraction of sp³-hybridized carbons (Fsp3) is 0.706. The van der Waals surface area contributed by atoms with Crippen molar-refractivity contribution in [3.63, 3.8) is 0 Å². The number of carbonyl (C=O) groups excluding carboxylic acids is 2. The molecule has 1 aromatic rings. The van der Waals surface area contributed by atoms with Gasteiger partial charge in [0.05, 0.1) is 5.69 Å². The lowest BCUT2D eigenvalue weighted by Crippen LogP contribution is -2.42. The Morgan fingerprint density at radius 1 is 1.25 bits per heavy atom. The summed E-state index contributed by atoms with van der Waals surface area (Å²) in [6, 6.07) is 0.618. The second-order valence-electron chi connectivity index (χ2n) is 6.48. The highest BCUT2D eigenvalue weighted by molar-refractivity contribution is 6.35. The first-order valence-corrected chi connectivity index (χ1v) is 8.71. The summed E-state index contributed by atoms with van der Waals surface area (Å²) >= 11 is 0. The van der Waals surface area contributed by atoms with E-state index in [1.807, 2.05) is 0 Å². The van der Waals surface area contributed by atoms with E-state index < -0.39 is 11.8 Å². The first kappa shape index (κ1) is 18.4. The van der Waals surface area contributed by atoms with Crippen LogP contribution in [0.3, 0.4) is 0 Å². The number of nitrogens with zero attached hydrogens (tertiary/aromatic N) is 2. The van der Waals surface area contributed by atoms with Gasteiger partial charge in [0.1, 0.15) is 5.76 Å². The minimum absolute atomic E-state index is 0.249. The van der Waals surface area contributed by atoms with Crippen LogP contribution < -0.4 is 10.6 Å². The van der Waals surface area contributed by atoms with Crippen molar-refractivity contribution < 1.29 is 14.1 Å². The number of hydrogen-bond acceptors (Lipinski definition) is 5. The summed E-state index contributed by atoms with van der Waals surface area (Å²) in [5.41, 5.74) is 1.54. The summed E-state index contributed by atoms with van der Waals surface area (Å²) in [5, 5.41) is 9.10. The van der Waals surface area contributed by atoms with Gasteiger partial charge >= 0.3 is 11.8 Å². The molecule has 2 N–H and O–H groups in total. The van der Waals surface area contributed by atoms with E-state index in [0.717, 1.165) is 30.8 Å². The van der Waals surface area contributed by atoms with Crippen molar-refractivity contribution in [2.45, 2.75) is 59.0 Å². The van der Waals surface area contributed by atoms with Gasteiger partial charge in [0.2, 0.25) is 0 Å². The highest BCUT2D eigenvalue weighted by atomic mass is 16.5. The fourth-order valence-electron chi connectivity index (χ4n) is 3.06. The molecule has 0 aliphatic carbocycles. The molecule has 1 unspecified atom stereocenters. The molecule has 1 saturated heterocycles. The second kappa shape index (κ2) is 8.82. The number of amides is 2. The number of nitrogens with one attached hydrogen (secondary N) is 2. The normalized spacial score (nSPS) is 18.4. The van der Waals surface area contributed by atoms with Crippen molar-refractivity contribution in [3.8, 4) is 0 Å². The van der Waals surface area contributed by atoms with Crippen LogP contribution >= 0.6 is 0 Å². The standard InChI is InChI=1S/C17H28N4O3/c1-12-7-4-5-9-21(12)10-6-8-18-16(22)17(23)19-11-15-13(2)20-24-14(15)3/h12H,4-11H2,1-3H3,(H,18,22)(H,19,23). The van der Waals surface area contributed by atoms with Crippen LogP contribution in [0.15, 0.2) is 4.52 Å². The topological polar surface area (TPSA) is 87.5 Å². The molecule has 0 aromatic carbocycles. The van der Waals surface area contributed by atoms with Crippen molar-refractivity contribution in [3.05, 3.63) is 17.0 Å². The molecule has 0 saturated carbocycles. The molecule has 1 fully saturated rings. The predicted molar refractivity (Wildman–Crippen MR) is 90.3 cm³/mol. The van der Waals surface area contributed by atoms with Crippen LogP contribution in [0.2, 0.25) is 0 Å². The van der Waals surface area contributed by atoms with Gasteiger partial charge in [-0.25, -0.2) is 0 Å². The third kappa shape index (κ3) is 5.06. The molecule has 2 amide bonds. The largest absolute Gasteiger partial charge is 0.361 e. The zero-order valence-electron chi connectivity index (χ0n) is 14.9. The van der Waals surface area contributed by atoms with E-state index in [4.69, 9.17) is 4.52 Å². The van der Waals surface area contributed by atoms with Gasteiger partial charge < -0.3 is 20.1 Å². The molecule has 24 heavy (non-hydrogen) atoms. The highest BCUT2D eigenvalue weighted by Gasteiger charge is 2.18. The van der Waals surface area contributed by atoms with Gasteiger partial charge in [-0.1, -0.05) is 11.6 Å². The molecular weight excluding hydrogens is 308 g/mol. The van der Waals surface area contributed by atoms with Crippen LogP contribution in [0.25, 0.3) is 0 Å². The van der Waals surface area contributed by atoms with Crippen LogP contribution in [-0.2, 0) is 16.1 Å². The summed E-state index contributed by atoms with van der Waals surface area (Å²) < 4.78 is 5.03. The molecule has 0 spiro atoms. The molecule has 134 valence electrons. The molecule has 1 aliphatic heterocycles. The molecule has 0 radical (unpaired) electrons. The smallest absolute Gasteiger partial charge is 0.309 e. The van der Waals surface area contributed by atoms with Crippen LogP contribution in [0, 0.1) is 13.8 Å². The van der Waals surface area contributed by atoms with Gasteiger partial charge in [-0.15, -0.1) is 0 Å². The quantitative estimate of drug-likeness (QED) is 0.604. The fourth-order valence-corrected chi connectivity index (χ4v) is 3.06. The van der Waals surface area contributed by atoms with Crippen LogP contribution in [-0.4, -0.2) is 47.5 Å². The maximum atomic E-state index is 11.8. The lowest BCUT2D eigenvalue weighted by atomic mass is 10.0. The number of aryl methyl sites for hydroxylation is 2. The SMILES string of the molecule is Cc1noc(C)c1CNC(=O)C(=O)NCCCN1CCCCC1C. The van der Waals surface area contributed by atoms with Crippen molar-refractivity contribution in [1.82, 2.24) is 20.7 Å². The Bertz CT molecular complexity index is 551. The number of likely N-dealkylation sites (tertiary alicyclic amines) is 1. The van der Waals surface area contributed by atoms with Crippen LogP contribution in [0.5, 0.6) is 0 Å². The Kier molecular flexibility index (Phi) is 6.78. The molecule has 1 aromatic heterocycles. The summed E-state index contributed by atoms with van der Waals surface area (Å²) in [4.78, 5) is 26.1. The van der Waals surface area contributed by atoms with E-state index in [0.29, 0.717) is 18.3 Å². The van der Waals surface area contributed by atoms with E-state index in [2.05, 4.69) is 27.6 Å². The van der Waals surface area contributed by atoms with Gasteiger partial charge in [-0.3, -0.25) is 9.59 Å². The van der Waals surface area contributed by atoms with Crippen LogP contribution in [0.4, 0.5) is 0 Å². The zero-order valence-corrected chi connectivity index (χ0v) is 14.9. The third-order valence-electron chi connectivity index (χ3n) is 4.66. The minimum atomic E-state index is -0.624. The maximum Gasteiger partial charge on any atom is 0.309 e. The Labute approximate surface area is 143 Å². The summed E-state index contributed by atoms with van der Waals surface area (Å²) in [7, 11) is 0. The van der Waals surface area contributed by atoms with Crippen molar-refractivity contribution >= 4 is 11.8 Å². The molecule has 7 nitrogen and oxygen atoms in total. The number of aromatic nitrogens is 1. The first-order chi connectivity index (χ1) is 11.5. The van der Waals surface area contributed by atoms with E-state index in [1.165, 1.54) is 19.3 Å². The predicted octanol–water partition coefficient (Wildman–Crippen LogP) is 1.29. The van der Waals surface area contributed by atoms with E-state index in [9.17, 15) is 9.59 Å². The summed E-state index contributed by atoms with van der Waals surface area (Å²) in [5.74, 6) is -0.557. The number of carbonyl (C=O) groups is 2. The lowest BCUT2D eigenvalue weighted by Gasteiger charge is -2.33. The average Bonchev–Trinajstić information content (AvgIpc) is 2.89. The lowest BCUT2D eigenvalue weighted by molar-refractivity contribution is -0.139. The van der Waals surface area contributed by atoms with E-state index >= 15 is 0 Å². The van der Waals surface area contributed by atoms with Gasteiger partial charge in [-0.2, -0.15) is 0 Å². The monoisotopic (exact) mass is 336 g/mol. The molecule has 2 heterocycles. The Hall–Kier alpha value is -1.89. The summed E-state index contributed by atoms with van der Waals surface area (Å²) in [6.07, 6.45) is 4.66. The highest BCUT2D eigenvalue weighted by Crippen LogP contribution is 2.16. The zero-order chi connectivity index (χ0) is 17.5. The van der Waals surface area contributed by atoms with E-state index in [-0.39, 0.29) is 6.54 Å². The first-order valence-electron chi connectivity index (χ1n) is 8.71. The number of piperidine rings is 1. The van der Waals surface area contributed by atoms with Gasteiger partial charge in [0, 0.05) is 31.2 Å². The molecule has 0 bridgehead atoms.